The highest BCUT2D eigenvalue weighted by molar-refractivity contribution is 7.16. The minimum absolute atomic E-state index is 0.203. The fraction of sp³-hybridized carbons (Fsp3) is 0.368. The minimum Gasteiger partial charge on any atom is -0.482 e. The van der Waals surface area contributed by atoms with Gasteiger partial charge in [-0.25, -0.2) is 0 Å². The van der Waals surface area contributed by atoms with Crippen molar-refractivity contribution in [3.05, 3.63) is 44.2 Å². The first-order chi connectivity index (χ1) is 12.5. The molecule has 26 heavy (non-hydrogen) atoms. The summed E-state index contributed by atoms with van der Waals surface area (Å²) in [5.41, 5.74) is 1.69. The second-order valence-corrected chi connectivity index (χ2v) is 8.20. The lowest BCUT2D eigenvalue weighted by Crippen LogP contribution is -2.20. The Bertz CT molecular complexity index is 873. The smallest absolute Gasteiger partial charge is 0.262 e. The Hall–Kier alpha value is -1.74. The zero-order valence-corrected chi connectivity index (χ0v) is 16.6. The lowest BCUT2D eigenvalue weighted by atomic mass is 9.86. The summed E-state index contributed by atoms with van der Waals surface area (Å²) in [7, 11) is 0. The van der Waals surface area contributed by atoms with Crippen LogP contribution in [-0.2, 0) is 17.6 Å². The van der Waals surface area contributed by atoms with E-state index in [1.54, 1.807) is 18.2 Å². The first-order valence-electron chi connectivity index (χ1n) is 8.44. The van der Waals surface area contributed by atoms with Crippen molar-refractivity contribution in [3.8, 4) is 11.8 Å². The van der Waals surface area contributed by atoms with E-state index >= 15 is 0 Å². The number of anilines is 1. The Morgan fingerprint density at radius 1 is 1.46 bits per heavy atom. The fourth-order valence-corrected chi connectivity index (χ4v) is 4.77. The summed E-state index contributed by atoms with van der Waals surface area (Å²) in [5, 5.41) is 13.8. The van der Waals surface area contributed by atoms with E-state index in [1.807, 2.05) is 0 Å². The van der Waals surface area contributed by atoms with E-state index in [0.29, 0.717) is 32.3 Å². The van der Waals surface area contributed by atoms with Crippen molar-refractivity contribution in [1.82, 2.24) is 0 Å². The predicted octanol–water partition coefficient (Wildman–Crippen LogP) is 5.46. The number of carbonyl (C=O) groups is 1. The highest BCUT2D eigenvalue weighted by Gasteiger charge is 2.25. The highest BCUT2D eigenvalue weighted by Crippen LogP contribution is 2.40. The van der Waals surface area contributed by atoms with Crippen molar-refractivity contribution >= 4 is 45.4 Å². The van der Waals surface area contributed by atoms with E-state index in [4.69, 9.17) is 27.9 Å². The molecule has 1 heterocycles. The van der Waals surface area contributed by atoms with Crippen LogP contribution in [-0.4, -0.2) is 12.5 Å². The summed E-state index contributed by atoms with van der Waals surface area (Å²) in [6.45, 7) is 1.99. The lowest BCUT2D eigenvalue weighted by Gasteiger charge is -2.20. The molecule has 1 amide bonds. The van der Waals surface area contributed by atoms with Crippen LogP contribution in [0.2, 0.25) is 10.0 Å². The maximum absolute atomic E-state index is 12.3. The monoisotopic (exact) mass is 408 g/mol. The van der Waals surface area contributed by atoms with Crippen LogP contribution in [0.15, 0.2) is 18.2 Å². The number of rotatable bonds is 5. The Kier molecular flexibility index (Phi) is 6.08. The zero-order chi connectivity index (χ0) is 18.7. The van der Waals surface area contributed by atoms with E-state index in [1.165, 1.54) is 16.2 Å². The first kappa shape index (κ1) is 19.0. The van der Waals surface area contributed by atoms with Gasteiger partial charge in [-0.05, 0) is 42.9 Å². The van der Waals surface area contributed by atoms with Gasteiger partial charge in [0.1, 0.15) is 16.8 Å². The molecular weight excluding hydrogens is 391 g/mol. The molecule has 0 fully saturated rings. The average molecular weight is 409 g/mol. The van der Waals surface area contributed by atoms with Gasteiger partial charge in [-0.1, -0.05) is 36.5 Å². The van der Waals surface area contributed by atoms with Crippen LogP contribution in [0.25, 0.3) is 0 Å². The van der Waals surface area contributed by atoms with Crippen LogP contribution in [0.5, 0.6) is 5.75 Å². The predicted molar refractivity (Wildman–Crippen MR) is 105 cm³/mol. The SMILES string of the molecule is CC[C@@H]1CCc2c(sc(NC(=O)COc3cc(Cl)ccc3Cl)c2C#N)C1. The molecule has 2 aromatic rings. The standard InChI is InChI=1S/C19H18Cl2N2O2S/c1-2-11-3-5-13-14(9-22)19(26-17(13)7-11)23-18(24)10-25-16-8-12(20)4-6-15(16)21/h4,6,8,11H,2-3,5,7,10H2,1H3,(H,23,24)/t11-/m1/s1. The molecule has 1 aromatic heterocycles. The number of nitrogens with zero attached hydrogens (tertiary/aromatic N) is 1. The Balaban J connectivity index is 1.69. The summed E-state index contributed by atoms with van der Waals surface area (Å²) in [6, 6.07) is 7.07. The van der Waals surface area contributed by atoms with Gasteiger partial charge in [0, 0.05) is 16.0 Å². The molecular formula is C19H18Cl2N2O2S. The Labute approximate surface area is 166 Å². The van der Waals surface area contributed by atoms with E-state index in [0.717, 1.165) is 31.2 Å². The Morgan fingerprint density at radius 3 is 3.00 bits per heavy atom. The van der Waals surface area contributed by atoms with E-state index in [9.17, 15) is 10.1 Å². The number of amides is 1. The number of hydrogen-bond acceptors (Lipinski definition) is 4. The van der Waals surface area contributed by atoms with Crippen LogP contribution in [0.3, 0.4) is 0 Å². The van der Waals surface area contributed by atoms with Gasteiger partial charge in [-0.15, -0.1) is 11.3 Å². The fourth-order valence-electron chi connectivity index (χ4n) is 3.10. The van der Waals surface area contributed by atoms with Gasteiger partial charge >= 0.3 is 0 Å². The molecule has 1 aliphatic carbocycles. The van der Waals surface area contributed by atoms with Crippen molar-refractivity contribution in [1.29, 1.82) is 5.26 Å². The summed E-state index contributed by atoms with van der Waals surface area (Å²) in [4.78, 5) is 13.5. The molecule has 0 saturated heterocycles. The van der Waals surface area contributed by atoms with Gasteiger partial charge in [0.2, 0.25) is 0 Å². The van der Waals surface area contributed by atoms with Crippen molar-refractivity contribution in [3.63, 3.8) is 0 Å². The van der Waals surface area contributed by atoms with Crippen LogP contribution in [0, 0.1) is 17.2 Å². The molecule has 1 aliphatic rings. The zero-order valence-electron chi connectivity index (χ0n) is 14.3. The number of ether oxygens (including phenoxy) is 1. The minimum atomic E-state index is -0.330. The van der Waals surface area contributed by atoms with Crippen molar-refractivity contribution in [2.45, 2.75) is 32.6 Å². The number of hydrogen-bond donors (Lipinski definition) is 1. The van der Waals surface area contributed by atoms with Crippen LogP contribution in [0.4, 0.5) is 5.00 Å². The molecule has 0 unspecified atom stereocenters. The number of benzene rings is 1. The van der Waals surface area contributed by atoms with Gasteiger partial charge < -0.3 is 10.1 Å². The van der Waals surface area contributed by atoms with E-state index in [-0.39, 0.29) is 12.5 Å². The number of carbonyl (C=O) groups excluding carboxylic acids is 1. The average Bonchev–Trinajstić information content (AvgIpc) is 2.98. The van der Waals surface area contributed by atoms with Crippen molar-refractivity contribution in [2.24, 2.45) is 5.92 Å². The number of fused-ring (bicyclic) bond motifs is 1. The molecule has 0 bridgehead atoms. The van der Waals surface area contributed by atoms with Crippen LogP contribution >= 0.6 is 34.5 Å². The van der Waals surface area contributed by atoms with Gasteiger partial charge in [0.15, 0.2) is 6.61 Å². The van der Waals surface area contributed by atoms with Gasteiger partial charge in [0.25, 0.3) is 5.91 Å². The molecule has 1 N–H and O–H groups in total. The largest absolute Gasteiger partial charge is 0.482 e. The third-order valence-electron chi connectivity index (χ3n) is 4.56. The first-order valence-corrected chi connectivity index (χ1v) is 10.0. The summed E-state index contributed by atoms with van der Waals surface area (Å²) < 4.78 is 5.45. The molecule has 0 spiro atoms. The van der Waals surface area contributed by atoms with Crippen LogP contribution in [0.1, 0.15) is 35.8 Å². The third-order valence-corrected chi connectivity index (χ3v) is 6.28. The van der Waals surface area contributed by atoms with E-state index in [2.05, 4.69) is 18.3 Å². The molecule has 3 rings (SSSR count). The second-order valence-electron chi connectivity index (χ2n) is 6.25. The second kappa shape index (κ2) is 8.30. The molecule has 4 nitrogen and oxygen atoms in total. The summed E-state index contributed by atoms with van der Waals surface area (Å²) >= 11 is 13.4. The highest BCUT2D eigenvalue weighted by atomic mass is 35.5. The van der Waals surface area contributed by atoms with Gasteiger partial charge in [-0.3, -0.25) is 4.79 Å². The normalized spacial score (nSPS) is 15.8. The Morgan fingerprint density at radius 2 is 2.27 bits per heavy atom. The van der Waals surface area contributed by atoms with Gasteiger partial charge in [-0.2, -0.15) is 5.26 Å². The van der Waals surface area contributed by atoms with Gasteiger partial charge in [0.05, 0.1) is 10.6 Å². The number of halogens is 2. The summed E-state index contributed by atoms with van der Waals surface area (Å²) in [6.07, 6.45) is 4.11. The number of thiophene rings is 1. The van der Waals surface area contributed by atoms with Crippen LogP contribution < -0.4 is 10.1 Å². The lowest BCUT2D eigenvalue weighted by molar-refractivity contribution is -0.118. The van der Waals surface area contributed by atoms with Crippen molar-refractivity contribution < 1.29 is 9.53 Å². The van der Waals surface area contributed by atoms with Crippen molar-refractivity contribution in [2.75, 3.05) is 11.9 Å². The quantitative estimate of drug-likeness (QED) is 0.714. The number of nitrogens with one attached hydrogen (secondary N) is 1. The topological polar surface area (TPSA) is 62.1 Å². The summed E-state index contributed by atoms with van der Waals surface area (Å²) in [5.74, 6) is 0.679. The van der Waals surface area contributed by atoms with E-state index < -0.39 is 0 Å². The third kappa shape index (κ3) is 4.15. The maximum atomic E-state index is 12.3. The molecule has 136 valence electrons. The molecule has 0 saturated carbocycles. The molecule has 1 aromatic carbocycles. The maximum Gasteiger partial charge on any atom is 0.262 e. The molecule has 0 aliphatic heterocycles. The molecule has 7 heteroatoms. The molecule has 0 radical (unpaired) electrons. The number of nitriles is 1. The molecule has 1 atom stereocenters.